The number of thiazole rings is 1. The SMILES string of the molecule is Cc1ccc(S(=O)(=O)N2CCCC(C(=O)Nc3nc(-c4ccc(F)c(F)c4)cs3)C2)s1. The van der Waals surface area contributed by atoms with E-state index in [1.54, 1.807) is 17.5 Å². The van der Waals surface area contributed by atoms with Crippen molar-refractivity contribution in [3.8, 4) is 11.3 Å². The van der Waals surface area contributed by atoms with E-state index in [1.165, 1.54) is 21.7 Å². The van der Waals surface area contributed by atoms with Crippen LogP contribution in [0.25, 0.3) is 11.3 Å². The topological polar surface area (TPSA) is 79.4 Å². The molecule has 6 nitrogen and oxygen atoms in total. The van der Waals surface area contributed by atoms with Crippen LogP contribution in [0, 0.1) is 24.5 Å². The molecule has 1 aliphatic rings. The third-order valence-electron chi connectivity index (χ3n) is 5.01. The Morgan fingerprint density at radius 1 is 1.23 bits per heavy atom. The van der Waals surface area contributed by atoms with Gasteiger partial charge in [0.15, 0.2) is 16.8 Å². The van der Waals surface area contributed by atoms with E-state index in [0.29, 0.717) is 35.8 Å². The lowest BCUT2D eigenvalue weighted by molar-refractivity contribution is -0.120. The predicted octanol–water partition coefficient (Wildman–Crippen LogP) is 4.50. The number of rotatable bonds is 5. The number of amides is 1. The summed E-state index contributed by atoms with van der Waals surface area (Å²) in [5, 5.41) is 4.68. The summed E-state index contributed by atoms with van der Waals surface area (Å²) >= 11 is 2.38. The van der Waals surface area contributed by atoms with Crippen molar-refractivity contribution in [3.63, 3.8) is 0 Å². The van der Waals surface area contributed by atoms with Crippen LogP contribution in [0.5, 0.6) is 0 Å². The molecule has 4 rings (SSSR count). The molecule has 0 bridgehead atoms. The largest absolute Gasteiger partial charge is 0.302 e. The summed E-state index contributed by atoms with van der Waals surface area (Å²) < 4.78 is 54.0. The van der Waals surface area contributed by atoms with E-state index in [-0.39, 0.29) is 16.7 Å². The molecule has 1 unspecified atom stereocenters. The van der Waals surface area contributed by atoms with Gasteiger partial charge in [0.05, 0.1) is 11.6 Å². The Kier molecular flexibility index (Phi) is 6.20. The average molecular weight is 484 g/mol. The van der Waals surface area contributed by atoms with E-state index in [4.69, 9.17) is 0 Å². The quantitative estimate of drug-likeness (QED) is 0.580. The van der Waals surface area contributed by atoms with Crippen molar-refractivity contribution >= 4 is 43.7 Å². The summed E-state index contributed by atoms with van der Waals surface area (Å²) in [5.74, 6) is -2.73. The lowest BCUT2D eigenvalue weighted by Crippen LogP contribution is -2.43. The Morgan fingerprint density at radius 2 is 2.03 bits per heavy atom. The van der Waals surface area contributed by atoms with Crippen molar-refractivity contribution < 1.29 is 22.0 Å². The highest BCUT2D eigenvalue weighted by Gasteiger charge is 2.34. The van der Waals surface area contributed by atoms with Gasteiger partial charge in [0.1, 0.15) is 4.21 Å². The van der Waals surface area contributed by atoms with E-state index < -0.39 is 27.6 Å². The van der Waals surface area contributed by atoms with Crippen LogP contribution in [0.3, 0.4) is 0 Å². The number of halogens is 2. The Labute approximate surface area is 186 Å². The number of sulfonamides is 1. The van der Waals surface area contributed by atoms with Gasteiger partial charge in [-0.2, -0.15) is 4.31 Å². The number of thiophene rings is 1. The van der Waals surface area contributed by atoms with Crippen LogP contribution in [0.2, 0.25) is 0 Å². The van der Waals surface area contributed by atoms with Crippen LogP contribution in [0.15, 0.2) is 39.9 Å². The molecular formula is C20H19F2N3O3S3. The highest BCUT2D eigenvalue weighted by molar-refractivity contribution is 7.91. The zero-order valence-corrected chi connectivity index (χ0v) is 18.9. The first-order valence-electron chi connectivity index (χ1n) is 9.52. The molecule has 3 heterocycles. The summed E-state index contributed by atoms with van der Waals surface area (Å²) in [7, 11) is -3.63. The van der Waals surface area contributed by atoms with E-state index in [9.17, 15) is 22.0 Å². The van der Waals surface area contributed by atoms with Crippen molar-refractivity contribution in [3.05, 3.63) is 52.2 Å². The monoisotopic (exact) mass is 483 g/mol. The maximum absolute atomic E-state index is 13.5. The predicted molar refractivity (Wildman–Crippen MR) is 117 cm³/mol. The van der Waals surface area contributed by atoms with Crippen molar-refractivity contribution in [2.24, 2.45) is 5.92 Å². The molecule has 164 valence electrons. The molecule has 3 aromatic rings. The molecule has 0 saturated carbocycles. The molecular weight excluding hydrogens is 464 g/mol. The first-order chi connectivity index (χ1) is 14.7. The number of hydrogen-bond acceptors (Lipinski definition) is 6. The fourth-order valence-electron chi connectivity index (χ4n) is 3.38. The van der Waals surface area contributed by atoms with Crippen LogP contribution in [0.4, 0.5) is 13.9 Å². The molecule has 0 aliphatic carbocycles. The van der Waals surface area contributed by atoms with Gasteiger partial charge in [-0.1, -0.05) is 0 Å². The van der Waals surface area contributed by atoms with Crippen LogP contribution in [-0.4, -0.2) is 36.7 Å². The summed E-state index contributed by atoms with van der Waals surface area (Å²) in [5.41, 5.74) is 0.817. The van der Waals surface area contributed by atoms with Crippen LogP contribution in [-0.2, 0) is 14.8 Å². The minimum absolute atomic E-state index is 0.104. The van der Waals surface area contributed by atoms with Gasteiger partial charge >= 0.3 is 0 Å². The van der Waals surface area contributed by atoms with Crippen LogP contribution < -0.4 is 5.32 Å². The number of carbonyl (C=O) groups excluding carboxylic acids is 1. The molecule has 2 aromatic heterocycles. The molecule has 1 amide bonds. The number of aromatic nitrogens is 1. The number of anilines is 1. The molecule has 1 N–H and O–H groups in total. The zero-order chi connectivity index (χ0) is 22.2. The Balaban J connectivity index is 1.44. The highest BCUT2D eigenvalue weighted by atomic mass is 32.2. The average Bonchev–Trinajstić information content (AvgIpc) is 3.39. The number of benzene rings is 1. The molecule has 11 heteroatoms. The smallest absolute Gasteiger partial charge is 0.252 e. The van der Waals surface area contributed by atoms with Crippen molar-refractivity contribution in [1.82, 2.24) is 9.29 Å². The number of nitrogens with one attached hydrogen (secondary N) is 1. The van der Waals surface area contributed by atoms with Gasteiger partial charge < -0.3 is 5.32 Å². The number of piperidine rings is 1. The maximum atomic E-state index is 13.5. The van der Waals surface area contributed by atoms with Gasteiger partial charge in [-0.3, -0.25) is 4.79 Å². The van der Waals surface area contributed by atoms with Gasteiger partial charge in [-0.25, -0.2) is 22.2 Å². The van der Waals surface area contributed by atoms with Gasteiger partial charge in [0.25, 0.3) is 10.0 Å². The Bertz CT molecular complexity index is 1220. The number of carbonyl (C=O) groups is 1. The number of aryl methyl sites for hydroxylation is 1. The third-order valence-corrected chi connectivity index (χ3v) is 9.11. The summed E-state index contributed by atoms with van der Waals surface area (Å²) in [6.45, 7) is 2.33. The number of nitrogens with zero attached hydrogens (tertiary/aromatic N) is 2. The lowest BCUT2D eigenvalue weighted by Gasteiger charge is -2.30. The standard InChI is InChI=1S/C20H19F2N3O3S3/c1-12-4-7-18(30-12)31(27,28)25-8-2-3-14(10-25)19(26)24-20-23-17(11-29-20)13-5-6-15(21)16(22)9-13/h4-7,9,11,14H,2-3,8,10H2,1H3,(H,23,24,26). The molecule has 1 fully saturated rings. The Morgan fingerprint density at radius 3 is 2.74 bits per heavy atom. The molecule has 0 radical (unpaired) electrons. The highest BCUT2D eigenvalue weighted by Crippen LogP contribution is 2.30. The van der Waals surface area contributed by atoms with E-state index in [1.807, 2.05) is 6.92 Å². The minimum Gasteiger partial charge on any atom is -0.302 e. The van der Waals surface area contributed by atoms with Crippen molar-refractivity contribution in [2.45, 2.75) is 24.0 Å². The second-order valence-electron chi connectivity index (χ2n) is 7.22. The molecule has 31 heavy (non-hydrogen) atoms. The molecule has 0 spiro atoms. The third kappa shape index (κ3) is 4.69. The number of hydrogen-bond donors (Lipinski definition) is 1. The second-order valence-corrected chi connectivity index (χ2v) is 11.5. The van der Waals surface area contributed by atoms with E-state index in [2.05, 4.69) is 10.3 Å². The lowest BCUT2D eigenvalue weighted by atomic mass is 9.99. The normalized spacial score (nSPS) is 17.6. The van der Waals surface area contributed by atoms with Crippen molar-refractivity contribution in [2.75, 3.05) is 18.4 Å². The summed E-state index contributed by atoms with van der Waals surface area (Å²) in [6.07, 6.45) is 1.16. The fraction of sp³-hybridized carbons (Fsp3) is 0.300. The molecule has 1 aromatic carbocycles. The van der Waals surface area contributed by atoms with Crippen molar-refractivity contribution in [1.29, 1.82) is 0 Å². The minimum atomic E-state index is -3.63. The summed E-state index contributed by atoms with van der Waals surface area (Å²) in [6, 6.07) is 6.84. The first kappa shape index (κ1) is 22.0. The first-order valence-corrected chi connectivity index (χ1v) is 12.7. The molecule has 1 saturated heterocycles. The van der Waals surface area contributed by atoms with Gasteiger partial charge in [-0.15, -0.1) is 22.7 Å². The van der Waals surface area contributed by atoms with Gasteiger partial charge in [-0.05, 0) is 50.1 Å². The second kappa shape index (κ2) is 8.73. The zero-order valence-electron chi connectivity index (χ0n) is 16.5. The van der Waals surface area contributed by atoms with Crippen LogP contribution in [0.1, 0.15) is 17.7 Å². The van der Waals surface area contributed by atoms with E-state index >= 15 is 0 Å². The maximum Gasteiger partial charge on any atom is 0.252 e. The molecule has 1 aliphatic heterocycles. The fourth-order valence-corrected chi connectivity index (χ4v) is 7.06. The van der Waals surface area contributed by atoms with Gasteiger partial charge in [0, 0.05) is 28.9 Å². The van der Waals surface area contributed by atoms with Gasteiger partial charge in [0.2, 0.25) is 5.91 Å². The molecule has 1 atom stereocenters. The summed E-state index contributed by atoms with van der Waals surface area (Å²) in [4.78, 5) is 17.9. The van der Waals surface area contributed by atoms with Crippen LogP contribution >= 0.6 is 22.7 Å². The van der Waals surface area contributed by atoms with E-state index in [0.717, 1.165) is 28.3 Å². The Hall–Kier alpha value is -2.21.